The van der Waals surface area contributed by atoms with Gasteiger partial charge >= 0.3 is 0 Å². The molecular formula is C21H21BN2. The lowest BCUT2D eigenvalue weighted by Crippen LogP contribution is -2.03. The van der Waals surface area contributed by atoms with E-state index in [2.05, 4.69) is 61.9 Å². The van der Waals surface area contributed by atoms with E-state index in [-0.39, 0.29) is 0 Å². The van der Waals surface area contributed by atoms with Crippen molar-refractivity contribution in [2.45, 2.75) is 0 Å². The summed E-state index contributed by atoms with van der Waals surface area (Å²) in [7, 11) is 2.08. The molecule has 0 unspecified atom stereocenters. The zero-order valence-corrected chi connectivity index (χ0v) is 14.1. The standard InChI is InChI=1S/C21H21BN2/c1-5-9-11-17-18-13-12-16(22)15-20(18)24(19(17)8-4)21(10-6-2)23-14-7-3/h5-15H,1-4,22H2/b11-9-,21-10+,23-14-. The second-order valence-electron chi connectivity index (χ2n) is 5.23. The largest absolute Gasteiger partial charge is 0.294 e. The van der Waals surface area contributed by atoms with Crippen molar-refractivity contribution in [3.8, 4) is 0 Å². The van der Waals surface area contributed by atoms with E-state index in [4.69, 9.17) is 0 Å². The maximum atomic E-state index is 4.50. The van der Waals surface area contributed by atoms with Gasteiger partial charge in [-0.15, -0.1) is 0 Å². The Balaban J connectivity index is 2.94. The van der Waals surface area contributed by atoms with Crippen LogP contribution in [0.3, 0.4) is 0 Å². The van der Waals surface area contributed by atoms with Crippen molar-refractivity contribution in [3.05, 3.63) is 86.2 Å². The Bertz CT molecular complexity index is 892. The average molecular weight is 312 g/mol. The fourth-order valence-corrected chi connectivity index (χ4v) is 2.64. The van der Waals surface area contributed by atoms with Gasteiger partial charge in [0.1, 0.15) is 13.7 Å². The number of aromatic nitrogens is 1. The highest BCUT2D eigenvalue weighted by Crippen LogP contribution is 2.31. The molecule has 0 N–H and O–H groups in total. The molecule has 0 aliphatic carbocycles. The Kier molecular flexibility index (Phi) is 5.75. The lowest BCUT2D eigenvalue weighted by molar-refractivity contribution is 1.11. The topological polar surface area (TPSA) is 17.3 Å². The molecule has 0 aliphatic rings. The first-order chi connectivity index (χ1) is 11.7. The number of aliphatic imine (C=N–C) groups is 1. The predicted molar refractivity (Wildman–Crippen MR) is 113 cm³/mol. The van der Waals surface area contributed by atoms with Gasteiger partial charge in [0.05, 0.1) is 11.2 Å². The van der Waals surface area contributed by atoms with Crippen molar-refractivity contribution in [2.75, 3.05) is 0 Å². The highest BCUT2D eigenvalue weighted by atomic mass is 15.1. The van der Waals surface area contributed by atoms with Gasteiger partial charge in [0, 0.05) is 17.2 Å². The molecule has 1 aromatic heterocycles. The van der Waals surface area contributed by atoms with Crippen LogP contribution in [0.25, 0.3) is 28.9 Å². The van der Waals surface area contributed by atoms with Crippen molar-refractivity contribution < 1.29 is 0 Å². The van der Waals surface area contributed by atoms with Crippen LogP contribution < -0.4 is 5.46 Å². The molecule has 118 valence electrons. The highest BCUT2D eigenvalue weighted by Gasteiger charge is 2.15. The molecule has 0 radical (unpaired) electrons. The SMILES string of the molecule is Bc1ccc2c(/C=C\C=C)c(C=C)n(C(=C/C=C)/N=C\C=C)c2c1. The quantitative estimate of drug-likeness (QED) is 0.418. The Hall–Kier alpha value is -3.07. The zero-order chi connectivity index (χ0) is 17.5. The second-order valence-corrected chi connectivity index (χ2v) is 5.23. The molecule has 0 amide bonds. The van der Waals surface area contributed by atoms with Crippen LogP contribution in [-0.2, 0) is 0 Å². The Morgan fingerprint density at radius 1 is 1.08 bits per heavy atom. The second kappa shape index (κ2) is 7.98. The van der Waals surface area contributed by atoms with Gasteiger partial charge in [0.2, 0.25) is 0 Å². The summed E-state index contributed by atoms with van der Waals surface area (Å²) in [6.07, 6.45) is 14.5. The number of rotatable bonds is 7. The Labute approximate surface area is 144 Å². The summed E-state index contributed by atoms with van der Waals surface area (Å²) in [5.41, 5.74) is 4.32. The zero-order valence-electron chi connectivity index (χ0n) is 14.1. The van der Waals surface area contributed by atoms with Gasteiger partial charge < -0.3 is 0 Å². The van der Waals surface area contributed by atoms with Gasteiger partial charge in [-0.1, -0.05) is 74.3 Å². The molecule has 0 saturated heterocycles. The molecule has 0 aliphatic heterocycles. The first-order valence-electron chi connectivity index (χ1n) is 7.72. The Morgan fingerprint density at radius 2 is 1.88 bits per heavy atom. The van der Waals surface area contributed by atoms with E-state index in [1.54, 1.807) is 24.4 Å². The molecule has 0 bridgehead atoms. The Morgan fingerprint density at radius 3 is 2.50 bits per heavy atom. The highest BCUT2D eigenvalue weighted by molar-refractivity contribution is 6.33. The monoisotopic (exact) mass is 312 g/mol. The van der Waals surface area contributed by atoms with E-state index in [9.17, 15) is 0 Å². The molecule has 2 aromatic rings. The number of hydrogen-bond acceptors (Lipinski definition) is 1. The van der Waals surface area contributed by atoms with Gasteiger partial charge in [-0.2, -0.15) is 0 Å². The molecular weight excluding hydrogens is 291 g/mol. The molecule has 2 nitrogen and oxygen atoms in total. The van der Waals surface area contributed by atoms with Crippen LogP contribution in [0.2, 0.25) is 0 Å². The summed E-state index contributed by atoms with van der Waals surface area (Å²) in [4.78, 5) is 4.50. The summed E-state index contributed by atoms with van der Waals surface area (Å²) >= 11 is 0. The fraction of sp³-hybridized carbons (Fsp3) is 0. The normalized spacial score (nSPS) is 12.1. The summed E-state index contributed by atoms with van der Waals surface area (Å²) in [5, 5.41) is 1.14. The minimum atomic E-state index is 0.758. The van der Waals surface area contributed by atoms with Gasteiger partial charge in [0.25, 0.3) is 0 Å². The van der Waals surface area contributed by atoms with E-state index in [0.717, 1.165) is 28.0 Å². The van der Waals surface area contributed by atoms with Gasteiger partial charge in [-0.3, -0.25) is 4.57 Å². The summed E-state index contributed by atoms with van der Waals surface area (Å²) < 4.78 is 2.08. The first kappa shape index (κ1) is 17.3. The van der Waals surface area contributed by atoms with Crippen LogP contribution in [0.5, 0.6) is 0 Å². The fourth-order valence-electron chi connectivity index (χ4n) is 2.64. The summed E-state index contributed by atoms with van der Waals surface area (Å²) in [6, 6.07) is 6.38. The lowest BCUT2D eigenvalue weighted by Gasteiger charge is -2.09. The maximum Gasteiger partial charge on any atom is 0.139 e. The molecule has 24 heavy (non-hydrogen) atoms. The first-order valence-corrected chi connectivity index (χ1v) is 7.72. The van der Waals surface area contributed by atoms with Crippen molar-refractivity contribution in [1.82, 2.24) is 4.57 Å². The number of nitrogens with zero attached hydrogens (tertiary/aromatic N) is 2. The van der Waals surface area contributed by atoms with Gasteiger partial charge in [0.15, 0.2) is 0 Å². The van der Waals surface area contributed by atoms with Crippen LogP contribution in [0.4, 0.5) is 0 Å². The van der Waals surface area contributed by atoms with E-state index in [0.29, 0.717) is 0 Å². The molecule has 3 heteroatoms. The van der Waals surface area contributed by atoms with E-state index in [1.807, 2.05) is 24.3 Å². The molecule has 0 atom stereocenters. The van der Waals surface area contributed by atoms with Crippen LogP contribution >= 0.6 is 0 Å². The number of fused-ring (bicyclic) bond motifs is 1. The molecule has 0 spiro atoms. The van der Waals surface area contributed by atoms with Crippen molar-refractivity contribution in [2.24, 2.45) is 4.99 Å². The smallest absolute Gasteiger partial charge is 0.139 e. The number of benzene rings is 1. The number of hydrogen-bond donors (Lipinski definition) is 0. The predicted octanol–water partition coefficient (Wildman–Crippen LogP) is 3.98. The third kappa shape index (κ3) is 3.30. The average Bonchev–Trinajstić information content (AvgIpc) is 2.89. The van der Waals surface area contributed by atoms with Crippen molar-refractivity contribution in [1.29, 1.82) is 0 Å². The molecule has 2 rings (SSSR count). The van der Waals surface area contributed by atoms with Crippen LogP contribution in [-0.4, -0.2) is 18.6 Å². The lowest BCUT2D eigenvalue weighted by atomic mass is 9.95. The molecule has 0 saturated carbocycles. The van der Waals surface area contributed by atoms with E-state index >= 15 is 0 Å². The third-order valence-corrected chi connectivity index (χ3v) is 3.60. The minimum Gasteiger partial charge on any atom is -0.294 e. The molecule has 1 heterocycles. The van der Waals surface area contributed by atoms with Gasteiger partial charge in [-0.05, 0) is 18.2 Å². The van der Waals surface area contributed by atoms with Gasteiger partial charge in [-0.25, -0.2) is 4.99 Å². The van der Waals surface area contributed by atoms with Crippen molar-refractivity contribution >= 4 is 48.4 Å². The summed E-state index contributed by atoms with van der Waals surface area (Å²) in [5.74, 6) is 0.758. The molecule has 1 aromatic carbocycles. The van der Waals surface area contributed by atoms with Crippen molar-refractivity contribution in [3.63, 3.8) is 0 Å². The molecule has 0 fully saturated rings. The van der Waals surface area contributed by atoms with E-state index < -0.39 is 0 Å². The maximum absolute atomic E-state index is 4.50. The summed E-state index contributed by atoms with van der Waals surface area (Å²) in [6.45, 7) is 15.3. The third-order valence-electron chi connectivity index (χ3n) is 3.60. The number of allylic oxidation sites excluding steroid dienone is 5. The van der Waals surface area contributed by atoms with Crippen LogP contribution in [0.1, 0.15) is 11.3 Å². The minimum absolute atomic E-state index is 0.758. The van der Waals surface area contributed by atoms with Crippen LogP contribution in [0.15, 0.2) is 79.9 Å². The van der Waals surface area contributed by atoms with E-state index in [1.165, 1.54) is 5.46 Å². The van der Waals surface area contributed by atoms with Crippen LogP contribution in [0, 0.1) is 0 Å².